The first-order valence-electron chi connectivity index (χ1n) is 10.1. The third-order valence-electron chi connectivity index (χ3n) is 5.82. The summed E-state index contributed by atoms with van der Waals surface area (Å²) in [5.41, 5.74) is 3.43. The van der Waals surface area contributed by atoms with Crippen LogP contribution in [0.25, 0.3) is 22.2 Å². The molecule has 0 radical (unpaired) electrons. The number of likely N-dealkylation sites (N-methyl/N-ethyl adjacent to an activating group) is 1. The van der Waals surface area contributed by atoms with Crippen molar-refractivity contribution >= 4 is 28.0 Å². The van der Waals surface area contributed by atoms with Crippen molar-refractivity contribution < 1.29 is 0 Å². The second-order valence-electron chi connectivity index (χ2n) is 7.61. The van der Waals surface area contributed by atoms with Crippen molar-refractivity contribution in [3.63, 3.8) is 0 Å². The van der Waals surface area contributed by atoms with Gasteiger partial charge in [-0.05, 0) is 43.8 Å². The van der Waals surface area contributed by atoms with E-state index in [0.717, 1.165) is 54.0 Å². The van der Waals surface area contributed by atoms with Gasteiger partial charge in [-0.3, -0.25) is 4.98 Å². The predicted octanol–water partition coefficient (Wildman–Crippen LogP) is 2.35. The van der Waals surface area contributed by atoms with Crippen molar-refractivity contribution in [1.29, 1.82) is 0 Å². The molecule has 0 bridgehead atoms. The van der Waals surface area contributed by atoms with Gasteiger partial charge in [-0.1, -0.05) is 24.3 Å². The zero-order valence-electron chi connectivity index (χ0n) is 16.7. The number of hydrogen-bond donors (Lipinski definition) is 0. The predicted molar refractivity (Wildman–Crippen MR) is 113 cm³/mol. The molecular weight excluding hydrogens is 364 g/mol. The lowest BCUT2D eigenvalue weighted by molar-refractivity contribution is 0.272. The van der Waals surface area contributed by atoms with Crippen molar-refractivity contribution in [1.82, 2.24) is 34.8 Å². The van der Waals surface area contributed by atoms with Gasteiger partial charge in [0, 0.05) is 30.7 Å². The third kappa shape index (κ3) is 3.40. The van der Waals surface area contributed by atoms with E-state index < -0.39 is 0 Å². The minimum Gasteiger partial charge on any atom is -0.354 e. The smallest absolute Gasteiger partial charge is 0.221 e. The van der Waals surface area contributed by atoms with Crippen LogP contribution in [0.15, 0.2) is 42.7 Å². The molecule has 148 valence electrons. The summed E-state index contributed by atoms with van der Waals surface area (Å²) in [6, 6.07) is 10.8. The monoisotopic (exact) mass is 388 g/mol. The molecule has 1 saturated heterocycles. The molecule has 1 aliphatic heterocycles. The van der Waals surface area contributed by atoms with Crippen LogP contribution in [0.5, 0.6) is 0 Å². The molecule has 0 spiro atoms. The van der Waals surface area contributed by atoms with Crippen molar-refractivity contribution in [3.05, 3.63) is 48.3 Å². The average Bonchev–Trinajstić information content (AvgIpc) is 3.40. The zero-order chi connectivity index (χ0) is 19.8. The van der Waals surface area contributed by atoms with Crippen molar-refractivity contribution in [2.45, 2.75) is 25.9 Å². The van der Waals surface area contributed by atoms with Crippen molar-refractivity contribution in [3.8, 4) is 0 Å². The number of rotatable bonds is 5. The Morgan fingerprint density at radius 3 is 3.03 bits per heavy atom. The van der Waals surface area contributed by atoms with Gasteiger partial charge in [-0.25, -0.2) is 14.6 Å². The van der Waals surface area contributed by atoms with Gasteiger partial charge < -0.3 is 9.80 Å². The van der Waals surface area contributed by atoms with E-state index in [1.807, 2.05) is 29.2 Å². The fraction of sp³-hybridized carbons (Fsp3) is 0.381. The second-order valence-corrected chi connectivity index (χ2v) is 7.61. The third-order valence-corrected chi connectivity index (χ3v) is 5.82. The maximum Gasteiger partial charge on any atom is 0.221 e. The van der Waals surface area contributed by atoms with Gasteiger partial charge in [-0.2, -0.15) is 0 Å². The molecule has 0 aliphatic carbocycles. The number of pyridine rings is 1. The van der Waals surface area contributed by atoms with Crippen LogP contribution in [-0.4, -0.2) is 67.6 Å². The van der Waals surface area contributed by atoms with Gasteiger partial charge in [0.05, 0.1) is 18.3 Å². The maximum atomic E-state index is 4.87. The fourth-order valence-corrected chi connectivity index (χ4v) is 3.97. The number of aromatic nitrogens is 6. The lowest BCUT2D eigenvalue weighted by Crippen LogP contribution is -2.34. The molecule has 1 aromatic carbocycles. The molecule has 8 heteroatoms. The molecule has 1 aliphatic rings. The Morgan fingerprint density at radius 1 is 1.21 bits per heavy atom. The number of benzene rings is 1. The summed E-state index contributed by atoms with van der Waals surface area (Å²) in [6.45, 7) is 5.82. The standard InChI is InChI=1S/C21H24N8/c1-3-27(2)17-8-10-28(14-17)19-12-23-20-21(24-19)29(26-25-20)13-15-6-7-18-16(11-15)5-4-9-22-18/h4-7,9,11-12,17H,3,8,10,13-14H2,1-2H3/t17-/m1/s1. The molecule has 0 unspecified atom stereocenters. The SMILES string of the molecule is CCN(C)[C@@H]1CCN(c2cnc3nnn(Cc4ccc5ncccc5c4)c3n2)C1. The van der Waals surface area contributed by atoms with Crippen LogP contribution >= 0.6 is 0 Å². The molecule has 8 nitrogen and oxygen atoms in total. The fourth-order valence-electron chi connectivity index (χ4n) is 3.97. The molecule has 0 amide bonds. The van der Waals surface area contributed by atoms with Gasteiger partial charge in [0.1, 0.15) is 5.82 Å². The Hall–Kier alpha value is -3.13. The second kappa shape index (κ2) is 7.36. The normalized spacial score (nSPS) is 17.1. The van der Waals surface area contributed by atoms with Crippen LogP contribution in [0.1, 0.15) is 18.9 Å². The van der Waals surface area contributed by atoms with Gasteiger partial charge in [0.15, 0.2) is 5.65 Å². The topological polar surface area (TPSA) is 75.9 Å². The van der Waals surface area contributed by atoms with Gasteiger partial charge in [-0.15, -0.1) is 5.10 Å². The quantitative estimate of drug-likeness (QED) is 0.519. The Morgan fingerprint density at radius 2 is 2.14 bits per heavy atom. The van der Waals surface area contributed by atoms with E-state index in [1.54, 1.807) is 0 Å². The lowest BCUT2D eigenvalue weighted by atomic mass is 10.1. The average molecular weight is 388 g/mol. The number of anilines is 1. The molecule has 4 aromatic rings. The Labute approximate surface area is 169 Å². The van der Waals surface area contributed by atoms with E-state index in [-0.39, 0.29) is 0 Å². The van der Waals surface area contributed by atoms with Crippen LogP contribution in [-0.2, 0) is 6.54 Å². The van der Waals surface area contributed by atoms with Crippen LogP contribution in [0.2, 0.25) is 0 Å². The summed E-state index contributed by atoms with van der Waals surface area (Å²) < 4.78 is 1.83. The molecule has 0 N–H and O–H groups in total. The number of fused-ring (bicyclic) bond motifs is 2. The van der Waals surface area contributed by atoms with Gasteiger partial charge in [0.25, 0.3) is 0 Å². The van der Waals surface area contributed by atoms with Gasteiger partial charge >= 0.3 is 0 Å². The highest BCUT2D eigenvalue weighted by Crippen LogP contribution is 2.22. The van der Waals surface area contributed by atoms with Crippen LogP contribution in [0.3, 0.4) is 0 Å². The highest BCUT2D eigenvalue weighted by atomic mass is 15.5. The van der Waals surface area contributed by atoms with Crippen LogP contribution in [0, 0.1) is 0 Å². The lowest BCUT2D eigenvalue weighted by Gasteiger charge is -2.23. The first kappa shape index (κ1) is 17.9. The van der Waals surface area contributed by atoms with E-state index >= 15 is 0 Å². The maximum absolute atomic E-state index is 4.87. The van der Waals surface area contributed by atoms with Crippen LogP contribution < -0.4 is 4.90 Å². The van der Waals surface area contributed by atoms with Crippen LogP contribution in [0.4, 0.5) is 5.82 Å². The molecule has 0 saturated carbocycles. The number of nitrogens with zero attached hydrogens (tertiary/aromatic N) is 8. The van der Waals surface area contributed by atoms with E-state index in [2.05, 4.69) is 62.3 Å². The van der Waals surface area contributed by atoms with E-state index in [9.17, 15) is 0 Å². The van der Waals surface area contributed by atoms with E-state index in [1.165, 1.54) is 0 Å². The first-order chi connectivity index (χ1) is 14.2. The summed E-state index contributed by atoms with van der Waals surface area (Å²) in [4.78, 5) is 18.5. The zero-order valence-corrected chi connectivity index (χ0v) is 16.7. The molecule has 29 heavy (non-hydrogen) atoms. The number of hydrogen-bond acceptors (Lipinski definition) is 7. The Bertz CT molecular complexity index is 1150. The summed E-state index contributed by atoms with van der Waals surface area (Å²) in [7, 11) is 2.18. The van der Waals surface area contributed by atoms with Crippen molar-refractivity contribution in [2.24, 2.45) is 0 Å². The summed E-state index contributed by atoms with van der Waals surface area (Å²) in [6.07, 6.45) is 4.77. The molecule has 1 atom stereocenters. The Balaban J connectivity index is 1.42. The minimum atomic E-state index is 0.562. The summed E-state index contributed by atoms with van der Waals surface area (Å²) in [5.74, 6) is 0.899. The molecular formula is C21H24N8. The summed E-state index contributed by atoms with van der Waals surface area (Å²) in [5, 5.41) is 9.61. The molecule has 4 heterocycles. The molecule has 1 fully saturated rings. The molecule has 3 aromatic heterocycles. The van der Waals surface area contributed by atoms with Crippen molar-refractivity contribution in [2.75, 3.05) is 31.6 Å². The molecule has 5 rings (SSSR count). The van der Waals surface area contributed by atoms with E-state index in [4.69, 9.17) is 4.98 Å². The Kier molecular flexibility index (Phi) is 4.55. The highest BCUT2D eigenvalue weighted by molar-refractivity contribution is 5.79. The largest absolute Gasteiger partial charge is 0.354 e. The minimum absolute atomic E-state index is 0.562. The summed E-state index contributed by atoms with van der Waals surface area (Å²) >= 11 is 0. The van der Waals surface area contributed by atoms with Gasteiger partial charge in [0.2, 0.25) is 5.65 Å². The first-order valence-corrected chi connectivity index (χ1v) is 10.1. The highest BCUT2D eigenvalue weighted by Gasteiger charge is 2.26. The van der Waals surface area contributed by atoms with E-state index in [0.29, 0.717) is 18.2 Å².